The normalized spacial score (nSPS) is 16.2. The lowest BCUT2D eigenvalue weighted by atomic mass is 9.89. The monoisotopic (exact) mass is 353 g/mol. The van der Waals surface area contributed by atoms with Crippen molar-refractivity contribution >= 4 is 11.4 Å². The number of anilines is 1. The van der Waals surface area contributed by atoms with Crippen molar-refractivity contribution in [2.75, 3.05) is 26.3 Å². The molecule has 0 unspecified atom stereocenters. The quantitative estimate of drug-likeness (QED) is 0.807. The van der Waals surface area contributed by atoms with Gasteiger partial charge in [-0.15, -0.1) is 0 Å². The maximum Gasteiger partial charge on any atom is 0.188 e. The zero-order chi connectivity index (χ0) is 18.3. The number of rotatable bonds is 5. The van der Waals surface area contributed by atoms with Crippen LogP contribution in [0.25, 0.3) is 16.9 Å². The van der Waals surface area contributed by atoms with E-state index in [9.17, 15) is 0 Å². The molecular weight excluding hydrogens is 330 g/mol. The summed E-state index contributed by atoms with van der Waals surface area (Å²) >= 11 is 0. The molecule has 2 aliphatic heterocycles. The van der Waals surface area contributed by atoms with Crippen LogP contribution in [0.2, 0.25) is 0 Å². The fraction of sp³-hybridized carbons (Fsp3) is 0.333. The van der Waals surface area contributed by atoms with E-state index in [4.69, 9.17) is 18.9 Å². The van der Waals surface area contributed by atoms with Crippen LogP contribution in [-0.4, -0.2) is 26.6 Å². The first-order valence-electron chi connectivity index (χ1n) is 8.62. The Kier molecular flexibility index (Phi) is 4.04. The topological polar surface area (TPSA) is 49.0 Å². The van der Waals surface area contributed by atoms with Gasteiger partial charge in [-0.2, -0.15) is 0 Å². The van der Waals surface area contributed by atoms with Crippen molar-refractivity contribution in [3.63, 3.8) is 0 Å². The first kappa shape index (κ1) is 16.8. The Morgan fingerprint density at radius 1 is 1.12 bits per heavy atom. The fourth-order valence-electron chi connectivity index (χ4n) is 3.59. The van der Waals surface area contributed by atoms with Gasteiger partial charge in [0.2, 0.25) is 0 Å². The van der Waals surface area contributed by atoms with Crippen LogP contribution in [-0.2, 0) is 16.1 Å². The zero-order valence-corrected chi connectivity index (χ0v) is 15.5. The Morgan fingerprint density at radius 2 is 1.92 bits per heavy atom. The lowest BCUT2D eigenvalue weighted by Gasteiger charge is -2.30. The summed E-state index contributed by atoms with van der Waals surface area (Å²) in [5.74, 6) is 2.43. The maximum absolute atomic E-state index is 5.99. The Hall–Kier alpha value is -2.66. The minimum Gasteiger partial charge on any atom is -0.496 e. The van der Waals surface area contributed by atoms with Crippen molar-refractivity contribution in [2.24, 2.45) is 0 Å². The molecule has 5 nitrogen and oxygen atoms in total. The molecule has 4 rings (SSSR count). The molecule has 26 heavy (non-hydrogen) atoms. The molecule has 5 heteroatoms. The highest BCUT2D eigenvalue weighted by Crippen LogP contribution is 2.47. The van der Waals surface area contributed by atoms with Gasteiger partial charge >= 0.3 is 0 Å². The summed E-state index contributed by atoms with van der Waals surface area (Å²) in [6.07, 6.45) is 2.15. The van der Waals surface area contributed by atoms with Crippen molar-refractivity contribution in [3.05, 3.63) is 47.5 Å². The largest absolute Gasteiger partial charge is 0.496 e. The van der Waals surface area contributed by atoms with Gasteiger partial charge in [0.25, 0.3) is 0 Å². The Bertz CT molecular complexity index is 886. The second-order valence-corrected chi connectivity index (χ2v) is 7.07. The third-order valence-electron chi connectivity index (χ3n) is 4.69. The average Bonchev–Trinajstić information content (AvgIpc) is 3.04. The van der Waals surface area contributed by atoms with Gasteiger partial charge in [0.1, 0.15) is 23.9 Å². The molecule has 0 fully saturated rings. The van der Waals surface area contributed by atoms with Gasteiger partial charge in [0, 0.05) is 35.6 Å². The number of benzene rings is 2. The zero-order valence-electron chi connectivity index (χ0n) is 15.5. The molecule has 0 bridgehead atoms. The molecule has 2 aromatic carbocycles. The Balaban J connectivity index is 1.79. The molecule has 0 amide bonds. The molecule has 0 aromatic heterocycles. The lowest BCUT2D eigenvalue weighted by Crippen LogP contribution is -2.31. The summed E-state index contributed by atoms with van der Waals surface area (Å²) in [4.78, 5) is 0. The van der Waals surface area contributed by atoms with Crippen molar-refractivity contribution in [2.45, 2.75) is 26.0 Å². The van der Waals surface area contributed by atoms with E-state index in [0.29, 0.717) is 12.4 Å². The number of hydrogen-bond donors (Lipinski definition) is 1. The van der Waals surface area contributed by atoms with Crippen LogP contribution >= 0.6 is 0 Å². The number of hydrogen-bond acceptors (Lipinski definition) is 5. The highest BCUT2D eigenvalue weighted by Gasteiger charge is 2.33. The first-order valence-corrected chi connectivity index (χ1v) is 8.62. The van der Waals surface area contributed by atoms with Crippen molar-refractivity contribution in [3.8, 4) is 22.6 Å². The van der Waals surface area contributed by atoms with Crippen LogP contribution in [0.1, 0.15) is 25.0 Å². The van der Waals surface area contributed by atoms with Crippen LogP contribution < -0.4 is 14.8 Å². The molecule has 0 spiro atoms. The maximum atomic E-state index is 5.99. The summed E-state index contributed by atoms with van der Waals surface area (Å²) in [6.45, 7) is 5.04. The molecule has 0 saturated heterocycles. The van der Waals surface area contributed by atoms with E-state index in [-0.39, 0.29) is 12.3 Å². The van der Waals surface area contributed by atoms with Crippen molar-refractivity contribution in [1.82, 2.24) is 0 Å². The van der Waals surface area contributed by atoms with E-state index >= 15 is 0 Å². The van der Waals surface area contributed by atoms with Crippen molar-refractivity contribution in [1.29, 1.82) is 0 Å². The van der Waals surface area contributed by atoms with E-state index in [0.717, 1.165) is 33.9 Å². The van der Waals surface area contributed by atoms with E-state index in [1.54, 1.807) is 14.2 Å². The molecule has 0 radical (unpaired) electrons. The molecule has 0 saturated carbocycles. The number of ether oxygens (including phenoxy) is 4. The van der Waals surface area contributed by atoms with Crippen LogP contribution in [0.4, 0.5) is 5.69 Å². The van der Waals surface area contributed by atoms with Gasteiger partial charge < -0.3 is 24.3 Å². The highest BCUT2D eigenvalue weighted by molar-refractivity contribution is 5.88. The van der Waals surface area contributed by atoms with Gasteiger partial charge in [-0.1, -0.05) is 6.07 Å². The third kappa shape index (κ3) is 2.78. The number of methoxy groups -OCH3 is 2. The average molecular weight is 353 g/mol. The molecule has 2 heterocycles. The molecule has 0 aliphatic carbocycles. The standard InChI is InChI=1S/C21H23NO4/c1-21(2)10-19-20-16(11-25-19)14(7-8-17(20)22-21)15-6-5-13(26-12-23-3)9-18(15)24-4/h5-10,22H,11-12H2,1-4H3. The van der Waals surface area contributed by atoms with E-state index < -0.39 is 0 Å². The molecule has 2 aliphatic rings. The second kappa shape index (κ2) is 6.25. The fourth-order valence-corrected chi connectivity index (χ4v) is 3.59. The molecule has 136 valence electrons. The molecular formula is C21H23NO4. The summed E-state index contributed by atoms with van der Waals surface area (Å²) in [7, 11) is 3.27. The minimum absolute atomic E-state index is 0.122. The van der Waals surface area contributed by atoms with E-state index in [1.165, 1.54) is 5.56 Å². The van der Waals surface area contributed by atoms with E-state index in [2.05, 4.69) is 37.4 Å². The van der Waals surface area contributed by atoms with Gasteiger partial charge in [0.05, 0.1) is 12.6 Å². The Labute approximate surface area is 153 Å². The SMILES string of the molecule is COCOc1ccc(-c2ccc3c4c2COC4=CC(C)(C)N3)c(OC)c1. The first-order chi connectivity index (χ1) is 12.5. The van der Waals surface area contributed by atoms with Gasteiger partial charge in [-0.25, -0.2) is 0 Å². The number of nitrogens with one attached hydrogen (secondary N) is 1. The smallest absolute Gasteiger partial charge is 0.188 e. The Morgan fingerprint density at radius 3 is 2.69 bits per heavy atom. The highest BCUT2D eigenvalue weighted by atomic mass is 16.7. The summed E-state index contributed by atoms with van der Waals surface area (Å²) in [5, 5.41) is 3.57. The van der Waals surface area contributed by atoms with Crippen LogP contribution in [0, 0.1) is 0 Å². The molecule has 0 atom stereocenters. The van der Waals surface area contributed by atoms with Gasteiger partial charge in [-0.3, -0.25) is 0 Å². The predicted octanol–water partition coefficient (Wildman–Crippen LogP) is 4.42. The van der Waals surface area contributed by atoms with Crippen LogP contribution in [0.15, 0.2) is 36.4 Å². The van der Waals surface area contributed by atoms with E-state index in [1.807, 2.05) is 18.2 Å². The third-order valence-corrected chi connectivity index (χ3v) is 4.69. The van der Waals surface area contributed by atoms with Crippen molar-refractivity contribution < 1.29 is 18.9 Å². The van der Waals surface area contributed by atoms with Crippen LogP contribution in [0.5, 0.6) is 11.5 Å². The summed E-state index contributed by atoms with van der Waals surface area (Å²) in [5.41, 5.74) is 5.46. The van der Waals surface area contributed by atoms with Gasteiger partial charge in [0.15, 0.2) is 6.79 Å². The van der Waals surface area contributed by atoms with Crippen LogP contribution in [0.3, 0.4) is 0 Å². The molecule has 1 N–H and O–H groups in total. The molecule has 2 aromatic rings. The predicted molar refractivity (Wildman–Crippen MR) is 101 cm³/mol. The van der Waals surface area contributed by atoms with Gasteiger partial charge in [-0.05, 0) is 43.7 Å². The second-order valence-electron chi connectivity index (χ2n) is 7.07. The summed E-state index contributed by atoms with van der Waals surface area (Å²) in [6, 6.07) is 10.1. The minimum atomic E-state index is -0.122. The lowest BCUT2D eigenvalue weighted by molar-refractivity contribution is 0.0510. The summed E-state index contributed by atoms with van der Waals surface area (Å²) < 4.78 is 22.1.